The number of rotatable bonds is 2. The summed E-state index contributed by atoms with van der Waals surface area (Å²) in [6.07, 6.45) is 3.89. The topological polar surface area (TPSA) is 40.7 Å². The highest BCUT2D eigenvalue weighted by Crippen LogP contribution is 2.31. The van der Waals surface area contributed by atoms with Crippen LogP contribution < -0.4 is 5.32 Å². The SMILES string of the molecule is CNc1cc(-c2cccc3[nH]ccc23)c(C)cn1. The Kier molecular flexibility index (Phi) is 2.52. The first kappa shape index (κ1) is 10.8. The lowest BCUT2D eigenvalue weighted by Crippen LogP contribution is -1.94. The van der Waals surface area contributed by atoms with Gasteiger partial charge in [0.25, 0.3) is 0 Å². The quantitative estimate of drug-likeness (QED) is 0.715. The number of pyridine rings is 1. The highest BCUT2D eigenvalue weighted by molar-refractivity contribution is 5.96. The Labute approximate surface area is 106 Å². The summed E-state index contributed by atoms with van der Waals surface area (Å²) in [7, 11) is 1.89. The molecule has 0 saturated carbocycles. The summed E-state index contributed by atoms with van der Waals surface area (Å²) in [6, 6.07) is 10.5. The van der Waals surface area contributed by atoms with Crippen LogP contribution in [0.3, 0.4) is 0 Å². The van der Waals surface area contributed by atoms with Gasteiger partial charge >= 0.3 is 0 Å². The predicted molar refractivity (Wildman–Crippen MR) is 75.8 cm³/mol. The van der Waals surface area contributed by atoms with Gasteiger partial charge in [0.2, 0.25) is 0 Å². The number of fused-ring (bicyclic) bond motifs is 1. The number of H-pyrrole nitrogens is 1. The maximum atomic E-state index is 4.33. The van der Waals surface area contributed by atoms with Gasteiger partial charge in [0.15, 0.2) is 0 Å². The van der Waals surface area contributed by atoms with Gasteiger partial charge in [-0.2, -0.15) is 0 Å². The Morgan fingerprint density at radius 2 is 2.06 bits per heavy atom. The van der Waals surface area contributed by atoms with Crippen LogP contribution in [0.4, 0.5) is 5.82 Å². The maximum Gasteiger partial charge on any atom is 0.126 e. The lowest BCUT2D eigenvalue weighted by atomic mass is 9.99. The first-order valence-electron chi connectivity index (χ1n) is 6.00. The average Bonchev–Trinajstić information content (AvgIpc) is 2.87. The Bertz CT molecular complexity index is 698. The van der Waals surface area contributed by atoms with E-state index in [1.807, 2.05) is 19.4 Å². The second kappa shape index (κ2) is 4.18. The molecule has 3 nitrogen and oxygen atoms in total. The van der Waals surface area contributed by atoms with E-state index in [9.17, 15) is 0 Å². The summed E-state index contributed by atoms with van der Waals surface area (Å²) in [5.74, 6) is 0.892. The molecule has 3 heteroatoms. The number of nitrogens with one attached hydrogen (secondary N) is 2. The van der Waals surface area contributed by atoms with E-state index >= 15 is 0 Å². The van der Waals surface area contributed by atoms with E-state index in [4.69, 9.17) is 0 Å². The molecule has 0 atom stereocenters. The Morgan fingerprint density at radius 3 is 2.89 bits per heavy atom. The minimum absolute atomic E-state index is 0.892. The van der Waals surface area contributed by atoms with Crippen molar-refractivity contribution in [3.05, 3.63) is 48.3 Å². The van der Waals surface area contributed by atoms with E-state index < -0.39 is 0 Å². The number of anilines is 1. The summed E-state index contributed by atoms with van der Waals surface area (Å²) in [6.45, 7) is 2.09. The van der Waals surface area contributed by atoms with Gasteiger partial charge in [0.1, 0.15) is 5.82 Å². The third kappa shape index (κ3) is 1.64. The van der Waals surface area contributed by atoms with Crippen molar-refractivity contribution in [3.8, 4) is 11.1 Å². The van der Waals surface area contributed by atoms with Crippen molar-refractivity contribution in [1.29, 1.82) is 0 Å². The molecule has 0 saturated heterocycles. The zero-order chi connectivity index (χ0) is 12.5. The number of hydrogen-bond acceptors (Lipinski definition) is 2. The molecular formula is C15H15N3. The lowest BCUT2D eigenvalue weighted by Gasteiger charge is -2.09. The molecule has 90 valence electrons. The van der Waals surface area contributed by atoms with Gasteiger partial charge in [-0.1, -0.05) is 12.1 Å². The van der Waals surface area contributed by atoms with Crippen LogP contribution in [0.15, 0.2) is 42.7 Å². The van der Waals surface area contributed by atoms with Crippen LogP contribution in [0.25, 0.3) is 22.0 Å². The highest BCUT2D eigenvalue weighted by Gasteiger charge is 2.08. The summed E-state index contributed by atoms with van der Waals surface area (Å²) in [5, 5.41) is 4.33. The van der Waals surface area contributed by atoms with Gasteiger partial charge in [0, 0.05) is 30.3 Å². The molecule has 0 aliphatic carbocycles. The van der Waals surface area contributed by atoms with Gasteiger partial charge < -0.3 is 10.3 Å². The third-order valence-electron chi connectivity index (χ3n) is 3.24. The molecule has 0 spiro atoms. The molecule has 0 amide bonds. The summed E-state index contributed by atoms with van der Waals surface area (Å²) in [5.41, 5.74) is 4.81. The highest BCUT2D eigenvalue weighted by atomic mass is 14.9. The maximum absolute atomic E-state index is 4.33. The monoisotopic (exact) mass is 237 g/mol. The zero-order valence-corrected chi connectivity index (χ0v) is 10.5. The van der Waals surface area contributed by atoms with Crippen LogP contribution in [0.2, 0.25) is 0 Å². The van der Waals surface area contributed by atoms with Crippen molar-refractivity contribution in [2.24, 2.45) is 0 Å². The minimum atomic E-state index is 0.892. The minimum Gasteiger partial charge on any atom is -0.373 e. The normalized spacial score (nSPS) is 10.8. The van der Waals surface area contributed by atoms with Gasteiger partial charge in [-0.25, -0.2) is 4.98 Å². The average molecular weight is 237 g/mol. The van der Waals surface area contributed by atoms with Crippen LogP contribution in [0, 0.1) is 6.92 Å². The van der Waals surface area contributed by atoms with Crippen LogP contribution in [0.5, 0.6) is 0 Å². The Morgan fingerprint density at radius 1 is 1.17 bits per heavy atom. The molecule has 0 fully saturated rings. The number of aromatic nitrogens is 2. The second-order valence-corrected chi connectivity index (χ2v) is 4.38. The van der Waals surface area contributed by atoms with Crippen molar-refractivity contribution in [1.82, 2.24) is 9.97 Å². The summed E-state index contributed by atoms with van der Waals surface area (Å²) >= 11 is 0. The van der Waals surface area contributed by atoms with Crippen molar-refractivity contribution in [3.63, 3.8) is 0 Å². The van der Waals surface area contributed by atoms with Crippen LogP contribution >= 0.6 is 0 Å². The molecule has 3 rings (SSSR count). The van der Waals surface area contributed by atoms with Crippen molar-refractivity contribution in [2.75, 3.05) is 12.4 Å². The fraction of sp³-hybridized carbons (Fsp3) is 0.133. The first-order chi connectivity index (χ1) is 8.79. The van der Waals surface area contributed by atoms with Crippen molar-refractivity contribution >= 4 is 16.7 Å². The largest absolute Gasteiger partial charge is 0.373 e. The second-order valence-electron chi connectivity index (χ2n) is 4.38. The summed E-state index contributed by atoms with van der Waals surface area (Å²) in [4.78, 5) is 7.58. The van der Waals surface area contributed by atoms with Gasteiger partial charge in [-0.05, 0) is 41.8 Å². The molecule has 18 heavy (non-hydrogen) atoms. The molecule has 2 heterocycles. The smallest absolute Gasteiger partial charge is 0.126 e. The zero-order valence-electron chi connectivity index (χ0n) is 10.5. The molecule has 0 unspecified atom stereocenters. The van der Waals surface area contributed by atoms with Gasteiger partial charge in [-0.15, -0.1) is 0 Å². The van der Waals surface area contributed by atoms with E-state index in [2.05, 4.69) is 52.5 Å². The molecule has 2 N–H and O–H groups in total. The molecule has 0 bridgehead atoms. The van der Waals surface area contributed by atoms with Crippen LogP contribution in [-0.2, 0) is 0 Å². The van der Waals surface area contributed by atoms with E-state index in [1.165, 1.54) is 22.1 Å². The van der Waals surface area contributed by atoms with E-state index in [0.717, 1.165) is 11.3 Å². The van der Waals surface area contributed by atoms with Gasteiger partial charge in [-0.3, -0.25) is 0 Å². The molecule has 3 aromatic rings. The number of aromatic amines is 1. The third-order valence-corrected chi connectivity index (χ3v) is 3.24. The lowest BCUT2D eigenvalue weighted by molar-refractivity contribution is 1.25. The fourth-order valence-corrected chi connectivity index (χ4v) is 2.27. The van der Waals surface area contributed by atoms with E-state index in [1.54, 1.807) is 0 Å². The molecule has 0 radical (unpaired) electrons. The summed E-state index contributed by atoms with van der Waals surface area (Å²) < 4.78 is 0. The predicted octanol–water partition coefficient (Wildman–Crippen LogP) is 3.58. The molecule has 0 aliphatic rings. The molecule has 2 aromatic heterocycles. The van der Waals surface area contributed by atoms with E-state index in [0.29, 0.717) is 0 Å². The Hall–Kier alpha value is -2.29. The van der Waals surface area contributed by atoms with Gasteiger partial charge in [0.05, 0.1) is 0 Å². The van der Waals surface area contributed by atoms with Crippen LogP contribution in [0.1, 0.15) is 5.56 Å². The number of nitrogens with zero attached hydrogens (tertiary/aromatic N) is 1. The molecular weight excluding hydrogens is 222 g/mol. The van der Waals surface area contributed by atoms with E-state index in [-0.39, 0.29) is 0 Å². The number of aryl methyl sites for hydroxylation is 1. The van der Waals surface area contributed by atoms with Crippen molar-refractivity contribution in [2.45, 2.75) is 6.92 Å². The van der Waals surface area contributed by atoms with Crippen LogP contribution in [-0.4, -0.2) is 17.0 Å². The standard InChI is InChI=1S/C15H15N3/c1-10-9-18-15(16-2)8-13(10)11-4-3-5-14-12(11)6-7-17-14/h3-9,17H,1-2H3,(H,16,18). The van der Waals surface area contributed by atoms with Crippen molar-refractivity contribution < 1.29 is 0 Å². The molecule has 1 aromatic carbocycles. The molecule has 0 aliphatic heterocycles. The Balaban J connectivity index is 2.28. The first-order valence-corrected chi connectivity index (χ1v) is 6.00. The number of hydrogen-bond donors (Lipinski definition) is 2. The fourth-order valence-electron chi connectivity index (χ4n) is 2.27. The number of benzene rings is 1.